The summed E-state index contributed by atoms with van der Waals surface area (Å²) in [5.74, 6) is -0.189. The van der Waals surface area contributed by atoms with Gasteiger partial charge in [0.15, 0.2) is 0 Å². The zero-order chi connectivity index (χ0) is 22.3. The number of hydrogen-bond donors (Lipinski definition) is 0. The molecule has 0 fully saturated rings. The molecule has 0 atom stereocenters. The normalized spacial score (nSPS) is 13.2. The minimum Gasteiger partial charge on any atom is -0.302 e. The van der Waals surface area contributed by atoms with E-state index in [4.69, 9.17) is 0 Å². The van der Waals surface area contributed by atoms with E-state index < -0.39 is 9.84 Å². The highest BCUT2D eigenvalue weighted by molar-refractivity contribution is 7.91. The van der Waals surface area contributed by atoms with Crippen LogP contribution in [-0.4, -0.2) is 24.1 Å². The Labute approximate surface area is 186 Å². The molecule has 0 radical (unpaired) electrons. The number of aromatic nitrogens is 2. The van der Waals surface area contributed by atoms with Crippen molar-refractivity contribution in [3.63, 3.8) is 0 Å². The van der Waals surface area contributed by atoms with Gasteiger partial charge in [-0.05, 0) is 61.0 Å². The lowest BCUT2D eigenvalue weighted by Gasteiger charge is -2.22. The van der Waals surface area contributed by atoms with Gasteiger partial charge in [-0.2, -0.15) is 5.10 Å². The van der Waals surface area contributed by atoms with Gasteiger partial charge in [-0.1, -0.05) is 35.9 Å². The molecule has 0 spiro atoms. The predicted molar refractivity (Wildman–Crippen MR) is 121 cm³/mol. The van der Waals surface area contributed by atoms with E-state index in [1.165, 1.54) is 12.1 Å². The average Bonchev–Trinajstić information content (AvgIpc) is 3.18. The third-order valence-corrected chi connectivity index (χ3v) is 7.50. The van der Waals surface area contributed by atoms with Crippen LogP contribution in [0.2, 0.25) is 0 Å². The SMILES string of the molecule is Cc1ccc(S(=O)(=O)c2ccc(C(=O)N3Cc4ccnn4Cc4ccccc43)cc2)cc1. The van der Waals surface area contributed by atoms with Crippen LogP contribution in [0, 0.1) is 6.92 Å². The Morgan fingerprint density at radius 3 is 2.22 bits per heavy atom. The van der Waals surface area contributed by atoms with Crippen LogP contribution in [0.5, 0.6) is 0 Å². The Hall–Kier alpha value is -3.71. The maximum absolute atomic E-state index is 13.5. The first-order valence-corrected chi connectivity index (χ1v) is 11.7. The van der Waals surface area contributed by atoms with E-state index in [1.54, 1.807) is 47.5 Å². The minimum atomic E-state index is -3.65. The van der Waals surface area contributed by atoms with E-state index in [1.807, 2.05) is 41.9 Å². The molecule has 3 aromatic carbocycles. The standard InChI is InChI=1S/C25H21N3O3S/c1-18-6-10-22(11-7-18)32(30,31)23-12-8-19(9-13-23)25(29)27-17-21-14-15-26-28(21)16-20-4-2-3-5-24(20)27/h2-15H,16-17H2,1H3. The van der Waals surface area contributed by atoms with Crippen molar-refractivity contribution in [2.45, 2.75) is 29.8 Å². The fourth-order valence-electron chi connectivity index (χ4n) is 3.92. The van der Waals surface area contributed by atoms with Crippen molar-refractivity contribution in [1.29, 1.82) is 0 Å². The third-order valence-electron chi connectivity index (χ3n) is 5.72. The van der Waals surface area contributed by atoms with E-state index in [0.29, 0.717) is 18.7 Å². The van der Waals surface area contributed by atoms with E-state index in [-0.39, 0.29) is 15.7 Å². The van der Waals surface area contributed by atoms with Gasteiger partial charge in [0.2, 0.25) is 9.84 Å². The molecule has 0 aliphatic carbocycles. The number of benzene rings is 3. The lowest BCUT2D eigenvalue weighted by Crippen LogP contribution is -2.30. The Balaban J connectivity index is 1.48. The summed E-state index contributed by atoms with van der Waals surface area (Å²) in [7, 11) is -3.65. The van der Waals surface area contributed by atoms with Gasteiger partial charge in [-0.25, -0.2) is 8.42 Å². The fraction of sp³-hybridized carbons (Fsp3) is 0.120. The minimum absolute atomic E-state index is 0.159. The van der Waals surface area contributed by atoms with Crippen LogP contribution in [0.3, 0.4) is 0 Å². The second kappa shape index (κ2) is 7.76. The number of amides is 1. The zero-order valence-electron chi connectivity index (χ0n) is 17.5. The van der Waals surface area contributed by atoms with E-state index in [0.717, 1.165) is 22.5 Å². The maximum Gasteiger partial charge on any atom is 0.258 e. The number of fused-ring (bicyclic) bond motifs is 2. The van der Waals surface area contributed by atoms with Gasteiger partial charge >= 0.3 is 0 Å². The Kier molecular flexibility index (Phi) is 4.90. The number of aryl methyl sites for hydroxylation is 1. The number of sulfone groups is 1. The molecular formula is C25H21N3O3S. The van der Waals surface area contributed by atoms with Crippen LogP contribution in [0.25, 0.3) is 0 Å². The smallest absolute Gasteiger partial charge is 0.258 e. The van der Waals surface area contributed by atoms with Crippen LogP contribution >= 0.6 is 0 Å². The van der Waals surface area contributed by atoms with Gasteiger partial charge in [0.05, 0.1) is 28.6 Å². The first kappa shape index (κ1) is 20.2. The molecule has 0 saturated carbocycles. The number of rotatable bonds is 3. The number of hydrogen-bond acceptors (Lipinski definition) is 4. The van der Waals surface area contributed by atoms with Gasteiger partial charge < -0.3 is 4.90 Å². The number of anilines is 1. The first-order chi connectivity index (χ1) is 15.4. The van der Waals surface area contributed by atoms with Gasteiger partial charge in [0.25, 0.3) is 5.91 Å². The van der Waals surface area contributed by atoms with Crippen molar-refractivity contribution >= 4 is 21.4 Å². The van der Waals surface area contributed by atoms with Crippen molar-refractivity contribution in [2.75, 3.05) is 4.90 Å². The molecule has 160 valence electrons. The molecule has 1 aliphatic heterocycles. The molecule has 6 nitrogen and oxygen atoms in total. The highest BCUT2D eigenvalue weighted by Crippen LogP contribution is 2.29. The summed E-state index contributed by atoms with van der Waals surface area (Å²) in [6.07, 6.45) is 1.73. The number of carbonyl (C=O) groups is 1. The molecular weight excluding hydrogens is 422 g/mol. The van der Waals surface area contributed by atoms with Crippen LogP contribution in [0.1, 0.15) is 27.2 Å². The van der Waals surface area contributed by atoms with Gasteiger partial charge in [0.1, 0.15) is 0 Å². The average molecular weight is 444 g/mol. The summed E-state index contributed by atoms with van der Waals surface area (Å²) in [6.45, 7) is 2.89. The lowest BCUT2D eigenvalue weighted by molar-refractivity contribution is 0.0985. The van der Waals surface area contributed by atoms with Gasteiger partial charge in [-0.15, -0.1) is 0 Å². The monoisotopic (exact) mass is 443 g/mol. The van der Waals surface area contributed by atoms with Crippen molar-refractivity contribution < 1.29 is 13.2 Å². The number of para-hydroxylation sites is 1. The third kappa shape index (κ3) is 3.50. The molecule has 7 heteroatoms. The van der Waals surface area contributed by atoms with Gasteiger partial charge in [-0.3, -0.25) is 9.48 Å². The second-order valence-electron chi connectivity index (χ2n) is 7.84. The molecule has 0 unspecified atom stereocenters. The molecule has 0 N–H and O–H groups in total. The molecule has 4 aromatic rings. The van der Waals surface area contributed by atoms with Crippen LogP contribution in [-0.2, 0) is 22.9 Å². The van der Waals surface area contributed by atoms with Crippen molar-refractivity contribution in [3.8, 4) is 0 Å². The molecule has 1 amide bonds. The van der Waals surface area contributed by atoms with E-state index >= 15 is 0 Å². The largest absolute Gasteiger partial charge is 0.302 e. The Bertz CT molecular complexity index is 1410. The van der Waals surface area contributed by atoms with Crippen molar-refractivity contribution in [2.24, 2.45) is 0 Å². The molecule has 1 aliphatic rings. The second-order valence-corrected chi connectivity index (χ2v) is 9.79. The first-order valence-electron chi connectivity index (χ1n) is 10.3. The molecule has 5 rings (SSSR count). The highest BCUT2D eigenvalue weighted by atomic mass is 32.2. The molecule has 0 bridgehead atoms. The topological polar surface area (TPSA) is 72.3 Å². The van der Waals surface area contributed by atoms with Gasteiger partial charge in [0, 0.05) is 17.4 Å². The summed E-state index contributed by atoms with van der Waals surface area (Å²) in [4.78, 5) is 15.6. The quantitative estimate of drug-likeness (QED) is 0.475. The summed E-state index contributed by atoms with van der Waals surface area (Å²) in [5.41, 5.74) is 4.19. The van der Waals surface area contributed by atoms with Crippen molar-refractivity contribution in [3.05, 3.63) is 107 Å². The van der Waals surface area contributed by atoms with Crippen LogP contribution in [0.4, 0.5) is 5.69 Å². The summed E-state index contributed by atoms with van der Waals surface area (Å²) in [6, 6.07) is 22.6. The summed E-state index contributed by atoms with van der Waals surface area (Å²) < 4.78 is 27.8. The lowest BCUT2D eigenvalue weighted by atomic mass is 10.1. The number of nitrogens with zero attached hydrogens (tertiary/aromatic N) is 3. The molecule has 32 heavy (non-hydrogen) atoms. The van der Waals surface area contributed by atoms with Crippen molar-refractivity contribution in [1.82, 2.24) is 9.78 Å². The number of carbonyl (C=O) groups excluding carboxylic acids is 1. The predicted octanol–water partition coefficient (Wildman–Crippen LogP) is 4.23. The summed E-state index contributed by atoms with van der Waals surface area (Å²) in [5, 5.41) is 4.37. The zero-order valence-corrected chi connectivity index (χ0v) is 18.3. The highest BCUT2D eigenvalue weighted by Gasteiger charge is 2.26. The molecule has 0 saturated heterocycles. The Morgan fingerprint density at radius 1 is 0.844 bits per heavy atom. The maximum atomic E-state index is 13.5. The van der Waals surface area contributed by atoms with E-state index in [2.05, 4.69) is 5.10 Å². The molecule has 2 heterocycles. The van der Waals surface area contributed by atoms with E-state index in [9.17, 15) is 13.2 Å². The molecule has 1 aromatic heterocycles. The van der Waals surface area contributed by atoms with Crippen LogP contribution in [0.15, 0.2) is 94.9 Å². The van der Waals surface area contributed by atoms with Crippen LogP contribution < -0.4 is 4.90 Å². The summed E-state index contributed by atoms with van der Waals surface area (Å²) >= 11 is 0. The fourth-order valence-corrected chi connectivity index (χ4v) is 5.18. The Morgan fingerprint density at radius 2 is 1.50 bits per heavy atom.